The molecule has 0 spiro atoms. The fraction of sp³-hybridized carbons (Fsp3) is 0.333. The highest BCUT2D eigenvalue weighted by molar-refractivity contribution is 9.10. The first-order valence-corrected chi connectivity index (χ1v) is 7.47. The highest BCUT2D eigenvalue weighted by atomic mass is 79.9. The van der Waals surface area contributed by atoms with Crippen LogP contribution in [0.3, 0.4) is 0 Å². The zero-order chi connectivity index (χ0) is 14.9. The topological polar surface area (TPSA) is 58.9 Å². The zero-order valence-electron chi connectivity index (χ0n) is 12.0. The molecule has 0 amide bonds. The van der Waals surface area contributed by atoms with E-state index in [1.807, 2.05) is 45.9 Å². The Kier molecular flexibility index (Phi) is 4.28. The van der Waals surface area contributed by atoms with E-state index in [2.05, 4.69) is 25.9 Å². The first-order valence-electron chi connectivity index (χ1n) is 6.68. The summed E-state index contributed by atoms with van der Waals surface area (Å²) in [6.45, 7) is 7.98. The van der Waals surface area contributed by atoms with Crippen LogP contribution in [0.2, 0.25) is 0 Å². The van der Waals surface area contributed by atoms with Gasteiger partial charge in [-0.25, -0.2) is 4.98 Å². The number of hydrogen-bond donors (Lipinski definition) is 1. The van der Waals surface area contributed by atoms with Gasteiger partial charge in [0.2, 0.25) is 5.58 Å². The maximum Gasteiger partial charge on any atom is 0.294 e. The Morgan fingerprint density at radius 2 is 2.00 bits per heavy atom. The Balaban J connectivity index is 0.000000704. The van der Waals surface area contributed by atoms with Gasteiger partial charge in [0.15, 0.2) is 0 Å². The van der Waals surface area contributed by atoms with Gasteiger partial charge >= 0.3 is 0 Å². The number of fused-ring (bicyclic) bond motifs is 3. The number of hydrogen-bond acceptors (Lipinski definition) is 3. The van der Waals surface area contributed by atoms with Crippen LogP contribution in [-0.4, -0.2) is 9.97 Å². The molecule has 2 aromatic heterocycles. The van der Waals surface area contributed by atoms with E-state index >= 15 is 0 Å². The molecule has 5 heteroatoms. The summed E-state index contributed by atoms with van der Waals surface area (Å²) in [5, 5.41) is 0.854. The van der Waals surface area contributed by atoms with E-state index in [1.54, 1.807) is 0 Å². The normalized spacial score (nSPS) is 10.9. The molecule has 0 aliphatic heterocycles. The third-order valence-electron chi connectivity index (χ3n) is 2.85. The highest BCUT2D eigenvalue weighted by Crippen LogP contribution is 2.28. The fourth-order valence-electron chi connectivity index (χ4n) is 1.92. The predicted molar refractivity (Wildman–Crippen MR) is 85.3 cm³/mol. The Labute approximate surface area is 125 Å². The maximum absolute atomic E-state index is 12.0. The number of aromatic nitrogens is 2. The smallest absolute Gasteiger partial charge is 0.294 e. The lowest BCUT2D eigenvalue weighted by molar-refractivity contribution is 0.656. The SMILES string of the molecule is CC.CC(C)c1nc2c(oc3ccc(Br)cc32)c(=O)[nH]1. The fourth-order valence-corrected chi connectivity index (χ4v) is 2.28. The molecule has 0 radical (unpaired) electrons. The molecule has 0 saturated carbocycles. The summed E-state index contributed by atoms with van der Waals surface area (Å²) in [5.74, 6) is 0.842. The molecule has 0 unspecified atom stereocenters. The average Bonchev–Trinajstić information content (AvgIpc) is 2.80. The van der Waals surface area contributed by atoms with Gasteiger partial charge in [-0.15, -0.1) is 0 Å². The van der Waals surface area contributed by atoms with Crippen LogP contribution in [0.25, 0.3) is 22.1 Å². The third-order valence-corrected chi connectivity index (χ3v) is 3.34. The number of aromatic amines is 1. The molecule has 0 atom stereocenters. The minimum absolute atomic E-state index is 0.166. The molecule has 3 aromatic rings. The largest absolute Gasteiger partial charge is 0.449 e. The van der Waals surface area contributed by atoms with Gasteiger partial charge in [-0.1, -0.05) is 43.6 Å². The molecule has 1 N–H and O–H groups in total. The lowest BCUT2D eigenvalue weighted by Gasteiger charge is -2.02. The van der Waals surface area contributed by atoms with Crippen molar-refractivity contribution in [2.75, 3.05) is 0 Å². The van der Waals surface area contributed by atoms with Crippen LogP contribution in [0.5, 0.6) is 0 Å². The van der Waals surface area contributed by atoms with E-state index in [9.17, 15) is 4.79 Å². The van der Waals surface area contributed by atoms with Crippen molar-refractivity contribution in [3.63, 3.8) is 0 Å². The lowest BCUT2D eigenvalue weighted by atomic mass is 10.2. The van der Waals surface area contributed by atoms with Crippen LogP contribution < -0.4 is 5.56 Å². The zero-order valence-corrected chi connectivity index (χ0v) is 13.5. The van der Waals surface area contributed by atoms with Gasteiger partial charge < -0.3 is 9.40 Å². The van der Waals surface area contributed by atoms with E-state index in [0.29, 0.717) is 16.9 Å². The Morgan fingerprint density at radius 3 is 2.65 bits per heavy atom. The molecule has 0 aliphatic rings. The van der Waals surface area contributed by atoms with Crippen LogP contribution in [0.1, 0.15) is 39.4 Å². The van der Waals surface area contributed by atoms with Crippen LogP contribution in [-0.2, 0) is 0 Å². The number of halogens is 1. The van der Waals surface area contributed by atoms with E-state index < -0.39 is 0 Å². The van der Waals surface area contributed by atoms with Crippen molar-refractivity contribution in [1.82, 2.24) is 9.97 Å². The number of nitrogens with zero attached hydrogens (tertiary/aromatic N) is 1. The van der Waals surface area contributed by atoms with Crippen molar-refractivity contribution in [2.24, 2.45) is 0 Å². The summed E-state index contributed by atoms with van der Waals surface area (Å²) in [4.78, 5) is 19.2. The van der Waals surface area contributed by atoms with E-state index in [-0.39, 0.29) is 17.1 Å². The minimum atomic E-state index is -0.226. The van der Waals surface area contributed by atoms with Crippen molar-refractivity contribution >= 4 is 38.0 Å². The minimum Gasteiger partial charge on any atom is -0.449 e. The number of H-pyrrole nitrogens is 1. The summed E-state index contributed by atoms with van der Waals surface area (Å²) in [6.07, 6.45) is 0. The summed E-state index contributed by atoms with van der Waals surface area (Å²) in [6, 6.07) is 5.62. The first kappa shape index (κ1) is 14.8. The monoisotopic (exact) mass is 336 g/mol. The van der Waals surface area contributed by atoms with Crippen LogP contribution >= 0.6 is 15.9 Å². The van der Waals surface area contributed by atoms with Gasteiger partial charge in [0.05, 0.1) is 0 Å². The molecular formula is C15H17BrN2O2. The van der Waals surface area contributed by atoms with Crippen LogP contribution in [0, 0.1) is 0 Å². The van der Waals surface area contributed by atoms with Crippen LogP contribution in [0.15, 0.2) is 31.9 Å². The number of nitrogens with one attached hydrogen (secondary N) is 1. The first-order chi connectivity index (χ1) is 9.56. The quantitative estimate of drug-likeness (QED) is 0.707. The summed E-state index contributed by atoms with van der Waals surface area (Å²) >= 11 is 3.41. The van der Waals surface area contributed by atoms with Crippen molar-refractivity contribution in [1.29, 1.82) is 0 Å². The predicted octanol–water partition coefficient (Wildman–Crippen LogP) is 4.58. The van der Waals surface area contributed by atoms with Gasteiger partial charge in [0, 0.05) is 15.8 Å². The molecular weight excluding hydrogens is 320 g/mol. The molecule has 4 nitrogen and oxygen atoms in total. The van der Waals surface area contributed by atoms with E-state index in [1.165, 1.54) is 0 Å². The lowest BCUT2D eigenvalue weighted by Crippen LogP contribution is -2.11. The molecule has 0 fully saturated rings. The number of furan rings is 1. The Bertz CT molecular complexity index is 803. The summed E-state index contributed by atoms with van der Waals surface area (Å²) < 4.78 is 6.48. The third kappa shape index (κ3) is 2.50. The van der Waals surface area contributed by atoms with Crippen LogP contribution in [0.4, 0.5) is 0 Å². The molecule has 1 aromatic carbocycles. The van der Waals surface area contributed by atoms with Gasteiger partial charge in [0.1, 0.15) is 16.9 Å². The summed E-state index contributed by atoms with van der Waals surface area (Å²) in [5.41, 5.74) is 1.36. The average molecular weight is 337 g/mol. The highest BCUT2D eigenvalue weighted by Gasteiger charge is 2.14. The molecule has 106 valence electrons. The van der Waals surface area contributed by atoms with Gasteiger partial charge in [-0.05, 0) is 18.2 Å². The second-order valence-electron chi connectivity index (χ2n) is 4.53. The number of rotatable bonds is 1. The molecule has 20 heavy (non-hydrogen) atoms. The molecule has 0 aliphatic carbocycles. The standard InChI is InChI=1S/C13H11BrN2O2.C2H6/c1-6(2)12-15-10-8-5-7(14)3-4-9(8)18-11(10)13(17)16-12;1-2/h3-6H,1-2H3,(H,15,16,17);1-2H3. The second kappa shape index (κ2) is 5.79. The second-order valence-corrected chi connectivity index (χ2v) is 5.44. The van der Waals surface area contributed by atoms with E-state index in [0.717, 1.165) is 9.86 Å². The van der Waals surface area contributed by atoms with Gasteiger partial charge in [-0.3, -0.25) is 4.79 Å². The molecule has 2 heterocycles. The molecule has 3 rings (SSSR count). The Morgan fingerprint density at radius 1 is 1.30 bits per heavy atom. The maximum atomic E-state index is 12.0. The number of benzene rings is 1. The summed E-state index contributed by atoms with van der Waals surface area (Å²) in [7, 11) is 0. The van der Waals surface area contributed by atoms with E-state index in [4.69, 9.17) is 4.42 Å². The molecule has 0 saturated heterocycles. The van der Waals surface area contributed by atoms with Crippen molar-refractivity contribution < 1.29 is 4.42 Å². The molecule has 0 bridgehead atoms. The Hall–Kier alpha value is -1.62. The van der Waals surface area contributed by atoms with Crippen molar-refractivity contribution in [3.05, 3.63) is 38.9 Å². The van der Waals surface area contributed by atoms with Gasteiger partial charge in [0.25, 0.3) is 5.56 Å². The van der Waals surface area contributed by atoms with Crippen molar-refractivity contribution in [2.45, 2.75) is 33.6 Å². The van der Waals surface area contributed by atoms with Crippen molar-refractivity contribution in [3.8, 4) is 0 Å². The van der Waals surface area contributed by atoms with Gasteiger partial charge in [-0.2, -0.15) is 0 Å².